The van der Waals surface area contributed by atoms with Crippen molar-refractivity contribution < 1.29 is 4.39 Å². The average molecular weight is 302 g/mol. The van der Waals surface area contributed by atoms with Crippen LogP contribution < -0.4 is 5.32 Å². The fourth-order valence-corrected chi connectivity index (χ4v) is 2.99. The molecule has 5 heteroatoms. The molecule has 1 saturated heterocycles. The number of benzene rings is 1. The molecule has 1 aliphatic heterocycles. The van der Waals surface area contributed by atoms with Crippen molar-refractivity contribution in [2.45, 2.75) is 26.2 Å². The molecule has 0 spiro atoms. The Morgan fingerprint density at radius 1 is 1.36 bits per heavy atom. The van der Waals surface area contributed by atoms with Gasteiger partial charge in [-0.25, -0.2) is 4.39 Å². The molecule has 22 heavy (non-hydrogen) atoms. The Bertz CT molecular complexity index is 656. The number of halogens is 1. The van der Waals surface area contributed by atoms with Crippen LogP contribution >= 0.6 is 0 Å². The van der Waals surface area contributed by atoms with Crippen LogP contribution in [0.25, 0.3) is 10.9 Å². The summed E-state index contributed by atoms with van der Waals surface area (Å²) in [6.07, 6.45) is 5.26. The van der Waals surface area contributed by atoms with Gasteiger partial charge in [0, 0.05) is 43.3 Å². The molecule has 118 valence electrons. The lowest BCUT2D eigenvalue weighted by atomic mass is 10.1. The third-order valence-corrected chi connectivity index (χ3v) is 4.11. The van der Waals surface area contributed by atoms with Crippen molar-refractivity contribution in [2.75, 3.05) is 26.2 Å². The quantitative estimate of drug-likeness (QED) is 0.674. The minimum atomic E-state index is -0.192. The number of H-pyrrole nitrogens is 1. The monoisotopic (exact) mass is 302 g/mol. The zero-order chi connectivity index (χ0) is 15.4. The molecule has 0 radical (unpaired) electrons. The summed E-state index contributed by atoms with van der Waals surface area (Å²) in [6.45, 7) is 5.86. The summed E-state index contributed by atoms with van der Waals surface area (Å²) < 4.78 is 13.4. The number of guanidine groups is 1. The molecule has 3 rings (SSSR count). The Morgan fingerprint density at radius 2 is 2.18 bits per heavy atom. The largest absolute Gasteiger partial charge is 0.361 e. The number of aromatic nitrogens is 1. The molecule has 4 nitrogen and oxygen atoms in total. The lowest BCUT2D eigenvalue weighted by Gasteiger charge is -2.20. The maximum absolute atomic E-state index is 13.4. The number of likely N-dealkylation sites (tertiary alicyclic amines) is 1. The van der Waals surface area contributed by atoms with Crippen molar-refractivity contribution in [3.63, 3.8) is 0 Å². The van der Waals surface area contributed by atoms with Gasteiger partial charge in [-0.2, -0.15) is 0 Å². The summed E-state index contributed by atoms with van der Waals surface area (Å²) in [7, 11) is 0. The number of hydrogen-bond acceptors (Lipinski definition) is 1. The molecule has 0 bridgehead atoms. The molecule has 1 fully saturated rings. The van der Waals surface area contributed by atoms with Crippen LogP contribution in [0.3, 0.4) is 0 Å². The predicted octanol–water partition coefficient (Wildman–Crippen LogP) is 2.91. The minimum Gasteiger partial charge on any atom is -0.361 e. The summed E-state index contributed by atoms with van der Waals surface area (Å²) in [4.78, 5) is 10.2. The summed E-state index contributed by atoms with van der Waals surface area (Å²) in [5.41, 5.74) is 2.10. The van der Waals surface area contributed by atoms with Gasteiger partial charge in [0.1, 0.15) is 5.82 Å². The van der Waals surface area contributed by atoms with Gasteiger partial charge in [-0.05, 0) is 49.9 Å². The molecule has 1 aromatic heterocycles. The standard InChI is InChI=1S/C17H23FN4/c1-2-19-17(22-9-3-4-10-22)20-8-7-13-12-21-16-6-5-14(18)11-15(13)16/h5-6,11-12,21H,2-4,7-10H2,1H3,(H,19,20). The molecule has 2 N–H and O–H groups in total. The fraction of sp³-hybridized carbons (Fsp3) is 0.471. The summed E-state index contributed by atoms with van der Waals surface area (Å²) in [6, 6.07) is 4.86. The first kappa shape index (κ1) is 14.9. The van der Waals surface area contributed by atoms with E-state index in [9.17, 15) is 4.39 Å². The molecule has 0 atom stereocenters. The van der Waals surface area contributed by atoms with Crippen LogP contribution in [0.5, 0.6) is 0 Å². The second-order valence-electron chi connectivity index (χ2n) is 5.68. The number of rotatable bonds is 4. The Hall–Kier alpha value is -2.04. The number of nitrogens with zero attached hydrogens (tertiary/aromatic N) is 2. The Balaban J connectivity index is 1.69. The molecule has 0 unspecified atom stereocenters. The first-order valence-electron chi connectivity index (χ1n) is 8.06. The second kappa shape index (κ2) is 6.81. The molecule has 0 aliphatic carbocycles. The van der Waals surface area contributed by atoms with Crippen molar-refractivity contribution in [1.82, 2.24) is 15.2 Å². The summed E-state index contributed by atoms with van der Waals surface area (Å²) >= 11 is 0. The van der Waals surface area contributed by atoms with Gasteiger partial charge >= 0.3 is 0 Å². The van der Waals surface area contributed by atoms with Crippen molar-refractivity contribution in [3.8, 4) is 0 Å². The third-order valence-electron chi connectivity index (χ3n) is 4.11. The first-order valence-corrected chi connectivity index (χ1v) is 8.06. The van der Waals surface area contributed by atoms with E-state index in [0.717, 1.165) is 48.5 Å². The van der Waals surface area contributed by atoms with Gasteiger partial charge in [0.2, 0.25) is 0 Å². The maximum atomic E-state index is 13.4. The van der Waals surface area contributed by atoms with Crippen LogP contribution in [0.2, 0.25) is 0 Å². The lowest BCUT2D eigenvalue weighted by Crippen LogP contribution is -2.39. The summed E-state index contributed by atoms with van der Waals surface area (Å²) in [5.74, 6) is 0.813. The maximum Gasteiger partial charge on any atom is 0.193 e. The zero-order valence-electron chi connectivity index (χ0n) is 13.0. The molecule has 2 heterocycles. The highest BCUT2D eigenvalue weighted by molar-refractivity contribution is 5.83. The second-order valence-corrected chi connectivity index (χ2v) is 5.68. The van der Waals surface area contributed by atoms with Gasteiger partial charge in [0.25, 0.3) is 0 Å². The Morgan fingerprint density at radius 3 is 2.95 bits per heavy atom. The van der Waals surface area contributed by atoms with Crippen LogP contribution in [0, 0.1) is 5.82 Å². The zero-order valence-corrected chi connectivity index (χ0v) is 13.0. The molecular formula is C17H23FN4. The molecule has 0 saturated carbocycles. The minimum absolute atomic E-state index is 0.192. The molecule has 2 aromatic rings. The topological polar surface area (TPSA) is 43.4 Å². The number of nitrogens with one attached hydrogen (secondary N) is 2. The average Bonchev–Trinajstić information content (AvgIpc) is 3.16. The van der Waals surface area contributed by atoms with Crippen molar-refractivity contribution in [2.24, 2.45) is 4.99 Å². The van der Waals surface area contributed by atoms with Gasteiger partial charge in [0.15, 0.2) is 5.96 Å². The highest BCUT2D eigenvalue weighted by Gasteiger charge is 2.15. The predicted molar refractivity (Wildman–Crippen MR) is 88.7 cm³/mol. The Labute approximate surface area is 130 Å². The first-order chi connectivity index (χ1) is 10.8. The van der Waals surface area contributed by atoms with E-state index in [2.05, 4.69) is 22.1 Å². The van der Waals surface area contributed by atoms with Gasteiger partial charge in [0.05, 0.1) is 0 Å². The van der Waals surface area contributed by atoms with E-state index in [1.807, 2.05) is 6.20 Å². The molecular weight excluding hydrogens is 279 g/mol. The van der Waals surface area contributed by atoms with Crippen LogP contribution in [-0.2, 0) is 6.42 Å². The molecule has 1 aromatic carbocycles. The van der Waals surface area contributed by atoms with E-state index < -0.39 is 0 Å². The van der Waals surface area contributed by atoms with Crippen LogP contribution in [-0.4, -0.2) is 42.0 Å². The highest BCUT2D eigenvalue weighted by Crippen LogP contribution is 2.20. The van der Waals surface area contributed by atoms with Crippen LogP contribution in [0.1, 0.15) is 25.3 Å². The molecule has 0 amide bonds. The van der Waals surface area contributed by atoms with Crippen molar-refractivity contribution in [3.05, 3.63) is 35.8 Å². The van der Waals surface area contributed by atoms with Gasteiger partial charge in [-0.1, -0.05) is 0 Å². The van der Waals surface area contributed by atoms with Crippen molar-refractivity contribution >= 4 is 16.9 Å². The lowest BCUT2D eigenvalue weighted by molar-refractivity contribution is 0.494. The van der Waals surface area contributed by atoms with Gasteiger partial charge in [-0.3, -0.25) is 4.99 Å². The van der Waals surface area contributed by atoms with E-state index in [-0.39, 0.29) is 5.82 Å². The Kier molecular flexibility index (Phi) is 4.61. The number of hydrogen-bond donors (Lipinski definition) is 2. The number of aromatic amines is 1. The van der Waals surface area contributed by atoms with Crippen LogP contribution in [0.4, 0.5) is 4.39 Å². The number of fused-ring (bicyclic) bond motifs is 1. The van der Waals surface area contributed by atoms with E-state index in [4.69, 9.17) is 4.99 Å². The fourth-order valence-electron chi connectivity index (χ4n) is 2.99. The highest BCUT2D eigenvalue weighted by atomic mass is 19.1. The summed E-state index contributed by atoms with van der Waals surface area (Å²) in [5, 5.41) is 4.32. The SMILES string of the molecule is CCNC(=NCCc1c[nH]c2ccc(F)cc12)N1CCCC1. The third kappa shape index (κ3) is 3.24. The smallest absolute Gasteiger partial charge is 0.193 e. The van der Waals surface area contributed by atoms with E-state index in [1.54, 1.807) is 12.1 Å². The normalized spacial score (nSPS) is 15.7. The van der Waals surface area contributed by atoms with E-state index in [0.29, 0.717) is 6.54 Å². The van der Waals surface area contributed by atoms with Crippen molar-refractivity contribution in [1.29, 1.82) is 0 Å². The van der Waals surface area contributed by atoms with Gasteiger partial charge < -0.3 is 15.2 Å². The van der Waals surface area contributed by atoms with E-state index in [1.165, 1.54) is 18.9 Å². The van der Waals surface area contributed by atoms with Crippen LogP contribution in [0.15, 0.2) is 29.4 Å². The molecule has 1 aliphatic rings. The number of aliphatic imine (C=N–C) groups is 1. The van der Waals surface area contributed by atoms with Gasteiger partial charge in [-0.15, -0.1) is 0 Å². The van der Waals surface area contributed by atoms with E-state index >= 15 is 0 Å².